The third-order valence-corrected chi connectivity index (χ3v) is 3.76. The van der Waals surface area contributed by atoms with E-state index in [2.05, 4.69) is 25.2 Å². The van der Waals surface area contributed by atoms with Gasteiger partial charge in [-0.05, 0) is 13.0 Å². The van der Waals surface area contributed by atoms with Gasteiger partial charge in [0.15, 0.2) is 5.82 Å². The maximum absolute atomic E-state index is 12.1. The fourth-order valence-corrected chi connectivity index (χ4v) is 2.58. The highest BCUT2D eigenvalue weighted by Crippen LogP contribution is 2.18. The highest BCUT2D eigenvalue weighted by Gasteiger charge is 2.19. The van der Waals surface area contributed by atoms with Crippen molar-refractivity contribution in [1.29, 1.82) is 0 Å². The van der Waals surface area contributed by atoms with Gasteiger partial charge >= 0.3 is 0 Å². The van der Waals surface area contributed by atoms with Crippen molar-refractivity contribution >= 4 is 15.7 Å². The van der Waals surface area contributed by atoms with E-state index in [1.165, 1.54) is 12.4 Å². The molecule has 2 rings (SSSR count). The van der Waals surface area contributed by atoms with Gasteiger partial charge in [-0.15, -0.1) is 0 Å². The van der Waals surface area contributed by atoms with Crippen LogP contribution in [0.4, 0.5) is 5.69 Å². The number of hydrogen-bond acceptors (Lipinski definition) is 7. The molecule has 0 atom stereocenters. The van der Waals surface area contributed by atoms with E-state index < -0.39 is 10.0 Å². The van der Waals surface area contributed by atoms with Gasteiger partial charge in [-0.25, -0.2) is 13.1 Å². The molecule has 0 aliphatic heterocycles. The molecule has 2 aromatic heterocycles. The van der Waals surface area contributed by atoms with Crippen LogP contribution in [0.25, 0.3) is 0 Å². The molecule has 0 aliphatic carbocycles. The SMILES string of the molecule is CNc1ccncc1S(=O)(=O)NCc1nc(C)no1. The van der Waals surface area contributed by atoms with Gasteiger partial charge in [-0.2, -0.15) is 4.98 Å². The molecule has 2 N–H and O–H groups in total. The summed E-state index contributed by atoms with van der Waals surface area (Å²) < 4.78 is 31.4. The molecule has 2 aromatic rings. The lowest BCUT2D eigenvalue weighted by atomic mass is 10.4. The topological polar surface area (TPSA) is 110 Å². The summed E-state index contributed by atoms with van der Waals surface area (Å²) in [4.78, 5) is 7.79. The summed E-state index contributed by atoms with van der Waals surface area (Å²) in [6, 6.07) is 1.57. The molecule has 0 saturated heterocycles. The Morgan fingerprint density at radius 3 is 2.84 bits per heavy atom. The van der Waals surface area contributed by atoms with Crippen molar-refractivity contribution in [1.82, 2.24) is 19.8 Å². The van der Waals surface area contributed by atoms with Crippen LogP contribution in [0.5, 0.6) is 0 Å². The van der Waals surface area contributed by atoms with Crippen LogP contribution in [0.1, 0.15) is 11.7 Å². The molecular weight excluding hydrogens is 270 g/mol. The van der Waals surface area contributed by atoms with Crippen molar-refractivity contribution in [3.63, 3.8) is 0 Å². The van der Waals surface area contributed by atoms with Gasteiger partial charge in [-0.1, -0.05) is 5.16 Å². The van der Waals surface area contributed by atoms with Crippen LogP contribution in [-0.2, 0) is 16.6 Å². The van der Waals surface area contributed by atoms with E-state index in [1.807, 2.05) is 0 Å². The predicted octanol–water partition coefficient (Wildman–Crippen LogP) is 0.293. The molecule has 0 unspecified atom stereocenters. The minimum Gasteiger partial charge on any atom is -0.387 e. The molecule has 0 saturated carbocycles. The quantitative estimate of drug-likeness (QED) is 0.811. The zero-order valence-corrected chi connectivity index (χ0v) is 11.2. The molecule has 0 spiro atoms. The Hall–Kier alpha value is -2.00. The molecule has 0 aliphatic rings. The number of sulfonamides is 1. The van der Waals surface area contributed by atoms with E-state index in [0.29, 0.717) is 11.5 Å². The third kappa shape index (κ3) is 3.06. The van der Waals surface area contributed by atoms with Crippen LogP contribution in [0.2, 0.25) is 0 Å². The summed E-state index contributed by atoms with van der Waals surface area (Å²) in [5.74, 6) is 0.655. The van der Waals surface area contributed by atoms with Gasteiger partial charge in [0.25, 0.3) is 0 Å². The maximum atomic E-state index is 12.1. The highest BCUT2D eigenvalue weighted by atomic mass is 32.2. The molecule has 8 nitrogen and oxygen atoms in total. The van der Waals surface area contributed by atoms with E-state index >= 15 is 0 Å². The molecule has 9 heteroatoms. The van der Waals surface area contributed by atoms with Crippen molar-refractivity contribution in [3.8, 4) is 0 Å². The maximum Gasteiger partial charge on any atom is 0.244 e. The van der Waals surface area contributed by atoms with Crippen LogP contribution in [0.3, 0.4) is 0 Å². The van der Waals surface area contributed by atoms with E-state index in [-0.39, 0.29) is 17.3 Å². The van der Waals surface area contributed by atoms with Crippen molar-refractivity contribution in [3.05, 3.63) is 30.2 Å². The molecule has 102 valence electrons. The number of pyridine rings is 1. The first-order valence-corrected chi connectivity index (χ1v) is 6.92. The average molecular weight is 283 g/mol. The van der Waals surface area contributed by atoms with Crippen LogP contribution in [0.15, 0.2) is 27.9 Å². The molecule has 0 radical (unpaired) electrons. The number of aromatic nitrogens is 3. The van der Waals surface area contributed by atoms with Gasteiger partial charge in [0.05, 0.1) is 12.2 Å². The first-order valence-electron chi connectivity index (χ1n) is 5.43. The molecule has 2 heterocycles. The molecule has 0 fully saturated rings. The van der Waals surface area contributed by atoms with E-state index in [4.69, 9.17) is 4.52 Å². The Morgan fingerprint density at radius 2 is 2.21 bits per heavy atom. The largest absolute Gasteiger partial charge is 0.387 e. The van der Waals surface area contributed by atoms with Crippen molar-refractivity contribution < 1.29 is 12.9 Å². The monoisotopic (exact) mass is 283 g/mol. The average Bonchev–Trinajstić information content (AvgIpc) is 2.82. The summed E-state index contributed by atoms with van der Waals surface area (Å²) in [7, 11) is -2.06. The van der Waals surface area contributed by atoms with Crippen molar-refractivity contribution in [2.75, 3.05) is 12.4 Å². The number of rotatable bonds is 5. The van der Waals surface area contributed by atoms with Gasteiger partial charge in [0.2, 0.25) is 15.9 Å². The molecule has 0 amide bonds. The fraction of sp³-hybridized carbons (Fsp3) is 0.300. The number of nitrogens with zero attached hydrogens (tertiary/aromatic N) is 3. The standard InChI is InChI=1S/C10H13N5O3S/c1-7-14-10(18-15-7)6-13-19(16,17)9-5-12-4-3-8(9)11-2/h3-5,13H,6H2,1-2H3,(H,11,12). The minimum atomic E-state index is -3.69. The van der Waals surface area contributed by atoms with Crippen LogP contribution >= 0.6 is 0 Å². The van der Waals surface area contributed by atoms with E-state index in [1.54, 1.807) is 20.0 Å². The summed E-state index contributed by atoms with van der Waals surface area (Å²) in [5.41, 5.74) is 0.462. The van der Waals surface area contributed by atoms with E-state index in [0.717, 1.165) is 0 Å². The first kappa shape index (κ1) is 13.4. The summed E-state index contributed by atoms with van der Waals surface area (Å²) >= 11 is 0. The van der Waals surface area contributed by atoms with Crippen LogP contribution < -0.4 is 10.0 Å². The second kappa shape index (κ2) is 5.33. The predicted molar refractivity (Wildman–Crippen MR) is 66.8 cm³/mol. The lowest BCUT2D eigenvalue weighted by Gasteiger charge is -2.09. The lowest BCUT2D eigenvalue weighted by molar-refractivity contribution is 0.372. The van der Waals surface area contributed by atoms with Crippen molar-refractivity contribution in [2.45, 2.75) is 18.4 Å². The van der Waals surface area contributed by atoms with E-state index in [9.17, 15) is 8.42 Å². The van der Waals surface area contributed by atoms with Crippen LogP contribution in [0, 0.1) is 6.92 Å². The molecule has 19 heavy (non-hydrogen) atoms. The minimum absolute atomic E-state index is 0.0636. The Kier molecular flexibility index (Phi) is 3.76. The number of anilines is 1. The highest BCUT2D eigenvalue weighted by molar-refractivity contribution is 7.89. The Morgan fingerprint density at radius 1 is 1.42 bits per heavy atom. The zero-order chi connectivity index (χ0) is 13.9. The smallest absolute Gasteiger partial charge is 0.244 e. The summed E-state index contributed by atoms with van der Waals surface area (Å²) in [6.45, 7) is 1.59. The van der Waals surface area contributed by atoms with Gasteiger partial charge in [0, 0.05) is 19.4 Å². The first-order chi connectivity index (χ1) is 9.03. The van der Waals surface area contributed by atoms with Crippen molar-refractivity contribution in [2.24, 2.45) is 0 Å². The molecule has 0 aromatic carbocycles. The van der Waals surface area contributed by atoms with Gasteiger partial charge in [0.1, 0.15) is 4.90 Å². The molecular formula is C10H13N5O3S. The Labute approximate surface area is 110 Å². The fourth-order valence-electron chi connectivity index (χ4n) is 1.45. The second-order valence-electron chi connectivity index (χ2n) is 3.68. The van der Waals surface area contributed by atoms with Crippen LogP contribution in [-0.4, -0.2) is 30.6 Å². The van der Waals surface area contributed by atoms with Gasteiger partial charge < -0.3 is 9.84 Å². The number of hydrogen-bond donors (Lipinski definition) is 2. The second-order valence-corrected chi connectivity index (χ2v) is 5.42. The summed E-state index contributed by atoms with van der Waals surface area (Å²) in [5, 5.41) is 6.37. The van der Waals surface area contributed by atoms with Gasteiger partial charge in [-0.3, -0.25) is 4.98 Å². The third-order valence-electron chi connectivity index (χ3n) is 2.33. The Balaban J connectivity index is 2.18. The number of aryl methyl sites for hydroxylation is 1. The molecule has 0 bridgehead atoms. The number of nitrogens with one attached hydrogen (secondary N) is 2. The summed E-state index contributed by atoms with van der Waals surface area (Å²) in [6.07, 6.45) is 2.78. The normalized spacial score (nSPS) is 11.5. The zero-order valence-electron chi connectivity index (χ0n) is 10.4. The lowest BCUT2D eigenvalue weighted by Crippen LogP contribution is -2.24. The Bertz CT molecular complexity index is 667.